The van der Waals surface area contributed by atoms with Crippen molar-refractivity contribution in [3.8, 4) is 0 Å². The summed E-state index contributed by atoms with van der Waals surface area (Å²) in [5, 5.41) is 3.29. The molecule has 1 aromatic rings. The van der Waals surface area contributed by atoms with Crippen LogP contribution in [0.2, 0.25) is 0 Å². The molecule has 3 nitrogen and oxygen atoms in total. The van der Waals surface area contributed by atoms with Crippen LogP contribution in [0.3, 0.4) is 0 Å². The second-order valence-corrected chi connectivity index (χ2v) is 4.25. The van der Waals surface area contributed by atoms with Crippen LogP contribution in [0, 0.1) is 0 Å². The molecule has 0 saturated carbocycles. The predicted molar refractivity (Wildman–Crippen MR) is 66.1 cm³/mol. The van der Waals surface area contributed by atoms with Gasteiger partial charge in [0.15, 0.2) is 0 Å². The van der Waals surface area contributed by atoms with Gasteiger partial charge >= 0.3 is 0 Å². The van der Waals surface area contributed by atoms with Crippen LogP contribution in [0.5, 0.6) is 0 Å². The highest BCUT2D eigenvalue weighted by atomic mass is 16.2. The van der Waals surface area contributed by atoms with Crippen LogP contribution in [0.4, 0.5) is 0 Å². The van der Waals surface area contributed by atoms with Gasteiger partial charge in [-0.05, 0) is 19.4 Å². The molecule has 1 unspecified atom stereocenters. The third-order valence-corrected chi connectivity index (χ3v) is 2.61. The Morgan fingerprint density at radius 1 is 1.19 bits per heavy atom. The van der Waals surface area contributed by atoms with Crippen LogP contribution in [0.15, 0.2) is 30.3 Å². The van der Waals surface area contributed by atoms with Crippen molar-refractivity contribution in [1.29, 1.82) is 0 Å². The van der Waals surface area contributed by atoms with Crippen LogP contribution in [-0.4, -0.2) is 30.9 Å². The lowest BCUT2D eigenvalue weighted by molar-refractivity contribution is -0.130. The van der Waals surface area contributed by atoms with E-state index in [0.717, 1.165) is 0 Å². The van der Waals surface area contributed by atoms with E-state index < -0.39 is 0 Å². The standard InChI is InChI=1S/C13H20N2O/c1-10(12-8-6-5-7-9-12)14-11(2)13(16)15(3)4/h5-11,14H,1-4H3/t10?,11-/m1/s1. The zero-order valence-corrected chi connectivity index (χ0v) is 10.4. The fraction of sp³-hybridized carbons (Fsp3) is 0.462. The molecule has 0 aliphatic rings. The number of nitrogens with one attached hydrogen (secondary N) is 1. The molecule has 0 aromatic heterocycles. The number of likely N-dealkylation sites (N-methyl/N-ethyl adjacent to an activating group) is 1. The molecular formula is C13H20N2O. The molecule has 1 rings (SSSR count). The van der Waals surface area contributed by atoms with E-state index in [-0.39, 0.29) is 18.0 Å². The van der Waals surface area contributed by atoms with E-state index in [1.165, 1.54) is 5.56 Å². The van der Waals surface area contributed by atoms with E-state index in [2.05, 4.69) is 24.4 Å². The molecule has 0 spiro atoms. The first kappa shape index (κ1) is 12.7. The highest BCUT2D eigenvalue weighted by Gasteiger charge is 2.17. The molecule has 0 saturated heterocycles. The Labute approximate surface area is 97.5 Å². The highest BCUT2D eigenvalue weighted by molar-refractivity contribution is 5.80. The number of carbonyl (C=O) groups is 1. The third kappa shape index (κ3) is 3.35. The first-order valence-corrected chi connectivity index (χ1v) is 5.54. The number of benzene rings is 1. The Kier molecular flexibility index (Phi) is 4.50. The molecular weight excluding hydrogens is 200 g/mol. The van der Waals surface area contributed by atoms with Crippen LogP contribution in [-0.2, 0) is 4.79 Å². The Balaban J connectivity index is 2.58. The maximum absolute atomic E-state index is 11.7. The van der Waals surface area contributed by atoms with Gasteiger partial charge < -0.3 is 4.90 Å². The first-order valence-electron chi connectivity index (χ1n) is 5.54. The minimum atomic E-state index is -0.162. The summed E-state index contributed by atoms with van der Waals surface area (Å²) in [6.07, 6.45) is 0. The van der Waals surface area contributed by atoms with E-state index in [1.807, 2.05) is 25.1 Å². The first-order chi connectivity index (χ1) is 7.52. The molecule has 1 aromatic carbocycles. The molecule has 0 aliphatic carbocycles. The van der Waals surface area contributed by atoms with Crippen molar-refractivity contribution in [2.45, 2.75) is 25.9 Å². The van der Waals surface area contributed by atoms with Crippen LogP contribution >= 0.6 is 0 Å². The lowest BCUT2D eigenvalue weighted by Gasteiger charge is -2.22. The van der Waals surface area contributed by atoms with Crippen molar-refractivity contribution < 1.29 is 4.79 Å². The predicted octanol–water partition coefficient (Wildman–Crippen LogP) is 1.81. The normalized spacial score (nSPS) is 14.2. The number of rotatable bonds is 4. The van der Waals surface area contributed by atoms with Crippen molar-refractivity contribution in [3.63, 3.8) is 0 Å². The van der Waals surface area contributed by atoms with Gasteiger partial charge in [-0.15, -0.1) is 0 Å². The fourth-order valence-corrected chi connectivity index (χ4v) is 1.67. The average molecular weight is 220 g/mol. The van der Waals surface area contributed by atoms with E-state index in [4.69, 9.17) is 0 Å². The number of amides is 1. The third-order valence-electron chi connectivity index (χ3n) is 2.61. The molecule has 88 valence electrons. The number of carbonyl (C=O) groups excluding carboxylic acids is 1. The second kappa shape index (κ2) is 5.66. The summed E-state index contributed by atoms with van der Waals surface area (Å²) < 4.78 is 0. The zero-order chi connectivity index (χ0) is 12.1. The summed E-state index contributed by atoms with van der Waals surface area (Å²) in [5.74, 6) is 0.0998. The summed E-state index contributed by atoms with van der Waals surface area (Å²) in [5.41, 5.74) is 1.20. The van der Waals surface area contributed by atoms with Crippen molar-refractivity contribution in [3.05, 3.63) is 35.9 Å². The van der Waals surface area contributed by atoms with Crippen LogP contribution in [0.25, 0.3) is 0 Å². The van der Waals surface area contributed by atoms with E-state index in [9.17, 15) is 4.79 Å². The van der Waals surface area contributed by atoms with Crippen LogP contribution < -0.4 is 5.32 Å². The van der Waals surface area contributed by atoms with Crippen LogP contribution in [0.1, 0.15) is 25.5 Å². The van der Waals surface area contributed by atoms with Crippen molar-refractivity contribution in [1.82, 2.24) is 10.2 Å². The Morgan fingerprint density at radius 2 is 1.75 bits per heavy atom. The van der Waals surface area contributed by atoms with Crippen molar-refractivity contribution in [2.75, 3.05) is 14.1 Å². The van der Waals surface area contributed by atoms with Gasteiger partial charge in [0, 0.05) is 20.1 Å². The van der Waals surface area contributed by atoms with Gasteiger partial charge in [-0.3, -0.25) is 10.1 Å². The maximum atomic E-state index is 11.7. The Hall–Kier alpha value is -1.35. The number of hydrogen-bond donors (Lipinski definition) is 1. The Bertz CT molecular complexity index is 335. The zero-order valence-electron chi connectivity index (χ0n) is 10.4. The van der Waals surface area contributed by atoms with Gasteiger partial charge in [-0.2, -0.15) is 0 Å². The van der Waals surface area contributed by atoms with Gasteiger partial charge in [-0.1, -0.05) is 30.3 Å². The molecule has 1 N–H and O–H groups in total. The topological polar surface area (TPSA) is 32.3 Å². The SMILES string of the molecule is CC(N[C@H](C)C(=O)N(C)C)c1ccccc1. The van der Waals surface area contributed by atoms with Gasteiger partial charge in [0.1, 0.15) is 0 Å². The summed E-state index contributed by atoms with van der Waals surface area (Å²) in [7, 11) is 3.54. The summed E-state index contributed by atoms with van der Waals surface area (Å²) >= 11 is 0. The lowest BCUT2D eigenvalue weighted by Crippen LogP contribution is -2.42. The summed E-state index contributed by atoms with van der Waals surface area (Å²) in [6.45, 7) is 3.95. The highest BCUT2D eigenvalue weighted by Crippen LogP contribution is 2.12. The van der Waals surface area contributed by atoms with Gasteiger partial charge in [-0.25, -0.2) is 0 Å². The molecule has 0 bridgehead atoms. The minimum Gasteiger partial charge on any atom is -0.347 e. The molecule has 1 amide bonds. The van der Waals surface area contributed by atoms with Crippen molar-refractivity contribution in [2.24, 2.45) is 0 Å². The Morgan fingerprint density at radius 3 is 2.25 bits per heavy atom. The monoisotopic (exact) mass is 220 g/mol. The van der Waals surface area contributed by atoms with Gasteiger partial charge in [0.05, 0.1) is 6.04 Å². The smallest absolute Gasteiger partial charge is 0.238 e. The quantitative estimate of drug-likeness (QED) is 0.839. The molecule has 0 fully saturated rings. The van der Waals surface area contributed by atoms with Crippen molar-refractivity contribution >= 4 is 5.91 Å². The molecule has 0 heterocycles. The minimum absolute atomic E-state index is 0.0998. The molecule has 16 heavy (non-hydrogen) atoms. The van der Waals surface area contributed by atoms with Gasteiger partial charge in [0.25, 0.3) is 0 Å². The van der Waals surface area contributed by atoms with E-state index in [1.54, 1.807) is 19.0 Å². The molecule has 0 aliphatic heterocycles. The lowest BCUT2D eigenvalue weighted by atomic mass is 10.1. The maximum Gasteiger partial charge on any atom is 0.238 e. The van der Waals surface area contributed by atoms with E-state index in [0.29, 0.717) is 0 Å². The molecule has 3 heteroatoms. The molecule has 2 atom stereocenters. The second-order valence-electron chi connectivity index (χ2n) is 4.25. The largest absolute Gasteiger partial charge is 0.347 e. The summed E-state index contributed by atoms with van der Waals surface area (Å²) in [4.78, 5) is 13.3. The van der Waals surface area contributed by atoms with Gasteiger partial charge in [0.2, 0.25) is 5.91 Å². The number of hydrogen-bond acceptors (Lipinski definition) is 2. The average Bonchev–Trinajstić information content (AvgIpc) is 2.28. The van der Waals surface area contributed by atoms with E-state index >= 15 is 0 Å². The molecule has 0 radical (unpaired) electrons. The summed E-state index contributed by atoms with van der Waals surface area (Å²) in [6, 6.07) is 10.1. The fourth-order valence-electron chi connectivity index (χ4n) is 1.67. The number of nitrogens with zero attached hydrogens (tertiary/aromatic N) is 1.